The summed E-state index contributed by atoms with van der Waals surface area (Å²) in [5.74, 6) is -1.14. The van der Waals surface area contributed by atoms with E-state index in [1.807, 2.05) is 31.2 Å². The van der Waals surface area contributed by atoms with Gasteiger partial charge in [0.15, 0.2) is 0 Å². The Morgan fingerprint density at radius 1 is 1.24 bits per heavy atom. The third-order valence-electron chi connectivity index (χ3n) is 4.61. The topological polar surface area (TPSA) is 96.1 Å². The van der Waals surface area contributed by atoms with Gasteiger partial charge in [-0.1, -0.05) is 29.8 Å². The van der Waals surface area contributed by atoms with Crippen molar-refractivity contribution in [1.29, 1.82) is 0 Å². The number of amides is 2. The number of carbonyl (C=O) groups excluding carboxylic acids is 2. The summed E-state index contributed by atoms with van der Waals surface area (Å²) in [6.45, 7) is 1.95. The number of anilines is 1. The summed E-state index contributed by atoms with van der Waals surface area (Å²) >= 11 is 0. The van der Waals surface area contributed by atoms with Gasteiger partial charge >= 0.3 is 0 Å². The number of nitrogens with one attached hydrogen (secondary N) is 3. The lowest BCUT2D eigenvalue weighted by Crippen LogP contribution is -2.46. The second kappa shape index (κ2) is 7.75. The fourth-order valence-corrected chi connectivity index (χ4v) is 3.03. The normalized spacial score (nSPS) is 15.7. The molecule has 8 heteroatoms. The van der Waals surface area contributed by atoms with Gasteiger partial charge in [-0.3, -0.25) is 14.7 Å². The van der Waals surface area contributed by atoms with Crippen molar-refractivity contribution >= 4 is 17.5 Å². The van der Waals surface area contributed by atoms with Crippen LogP contribution in [0.5, 0.6) is 5.75 Å². The first-order valence-electron chi connectivity index (χ1n) is 9.12. The summed E-state index contributed by atoms with van der Waals surface area (Å²) in [7, 11) is 0. The van der Waals surface area contributed by atoms with E-state index in [4.69, 9.17) is 4.74 Å². The molecule has 0 radical (unpaired) electrons. The lowest BCUT2D eigenvalue weighted by Gasteiger charge is -2.13. The number of aromatic amines is 1. The van der Waals surface area contributed by atoms with Crippen molar-refractivity contribution in [1.82, 2.24) is 15.5 Å². The molecule has 7 nitrogen and oxygen atoms in total. The van der Waals surface area contributed by atoms with Crippen LogP contribution in [0.3, 0.4) is 0 Å². The number of ether oxygens (including phenoxy) is 1. The van der Waals surface area contributed by atoms with Crippen LogP contribution in [0.15, 0.2) is 48.5 Å². The second-order valence-electron chi connectivity index (χ2n) is 6.91. The largest absolute Gasteiger partial charge is 0.489 e. The van der Waals surface area contributed by atoms with Crippen LogP contribution in [-0.4, -0.2) is 34.7 Å². The predicted octanol–water partition coefficient (Wildman–Crippen LogP) is 2.58. The Balaban J connectivity index is 1.41. The SMILES string of the molecule is Cc1ccc(Cc2cc(C(=O)N[C@H]3COc4ccc(F)cc4NC3=O)n[nH]2)cc1. The minimum absolute atomic E-state index is 0.0726. The van der Waals surface area contributed by atoms with Crippen molar-refractivity contribution in [3.63, 3.8) is 0 Å². The molecule has 4 rings (SSSR count). The Morgan fingerprint density at radius 2 is 2.03 bits per heavy atom. The van der Waals surface area contributed by atoms with Crippen LogP contribution in [0.2, 0.25) is 0 Å². The third-order valence-corrected chi connectivity index (χ3v) is 4.61. The van der Waals surface area contributed by atoms with Gasteiger partial charge in [-0.05, 0) is 30.7 Å². The molecule has 1 aromatic heterocycles. The first kappa shape index (κ1) is 18.7. The summed E-state index contributed by atoms with van der Waals surface area (Å²) in [4.78, 5) is 24.9. The number of halogens is 1. The van der Waals surface area contributed by atoms with Gasteiger partial charge in [-0.25, -0.2) is 4.39 Å². The molecule has 148 valence electrons. The third kappa shape index (κ3) is 4.26. The molecule has 0 saturated carbocycles. The van der Waals surface area contributed by atoms with Crippen molar-refractivity contribution in [3.05, 3.63) is 76.9 Å². The molecule has 3 N–H and O–H groups in total. The molecular weight excluding hydrogens is 375 g/mol. The van der Waals surface area contributed by atoms with E-state index in [-0.39, 0.29) is 18.0 Å². The van der Waals surface area contributed by atoms with Crippen LogP contribution in [0, 0.1) is 12.7 Å². The standard InChI is InChI=1S/C21H19FN4O3/c1-12-2-4-13(5-3-12)8-15-10-17(26-25-15)20(27)24-18-11-29-19-7-6-14(22)9-16(19)23-21(18)28/h2-7,9-10,18H,8,11H2,1H3,(H,23,28)(H,24,27)(H,25,26)/t18-/m0/s1. The number of aryl methyl sites for hydroxylation is 1. The van der Waals surface area contributed by atoms with Crippen molar-refractivity contribution in [2.75, 3.05) is 11.9 Å². The summed E-state index contributed by atoms with van der Waals surface area (Å²) in [6.07, 6.45) is 0.606. The van der Waals surface area contributed by atoms with E-state index in [0.29, 0.717) is 12.2 Å². The Kier molecular flexibility index (Phi) is 4.99. The van der Waals surface area contributed by atoms with Crippen LogP contribution in [-0.2, 0) is 11.2 Å². The number of rotatable bonds is 4. The van der Waals surface area contributed by atoms with E-state index in [0.717, 1.165) is 11.3 Å². The van der Waals surface area contributed by atoms with Gasteiger partial charge in [0.2, 0.25) is 0 Å². The lowest BCUT2D eigenvalue weighted by atomic mass is 10.1. The monoisotopic (exact) mass is 394 g/mol. The lowest BCUT2D eigenvalue weighted by molar-refractivity contribution is -0.118. The molecule has 0 aliphatic carbocycles. The van der Waals surface area contributed by atoms with Gasteiger partial charge < -0.3 is 15.4 Å². The fourth-order valence-electron chi connectivity index (χ4n) is 3.03. The highest BCUT2D eigenvalue weighted by Gasteiger charge is 2.27. The van der Waals surface area contributed by atoms with E-state index in [1.54, 1.807) is 6.07 Å². The molecule has 29 heavy (non-hydrogen) atoms. The number of hydrogen-bond acceptors (Lipinski definition) is 4. The molecule has 2 heterocycles. The minimum Gasteiger partial charge on any atom is -0.489 e. The Hall–Kier alpha value is -3.68. The average molecular weight is 394 g/mol. The number of nitrogens with zero attached hydrogens (tertiary/aromatic N) is 1. The molecule has 0 bridgehead atoms. The van der Waals surface area contributed by atoms with Gasteiger partial charge in [0.05, 0.1) is 5.69 Å². The van der Waals surface area contributed by atoms with E-state index < -0.39 is 23.7 Å². The van der Waals surface area contributed by atoms with Crippen LogP contribution in [0.4, 0.5) is 10.1 Å². The van der Waals surface area contributed by atoms with Gasteiger partial charge in [-0.2, -0.15) is 5.10 Å². The van der Waals surface area contributed by atoms with Crippen molar-refractivity contribution in [2.24, 2.45) is 0 Å². The summed E-state index contributed by atoms with van der Waals surface area (Å²) in [6, 6.07) is 12.6. The predicted molar refractivity (Wildman–Crippen MR) is 104 cm³/mol. The molecule has 2 aromatic carbocycles. The number of aromatic nitrogens is 2. The summed E-state index contributed by atoms with van der Waals surface area (Å²) in [5.41, 5.74) is 3.45. The molecule has 0 fully saturated rings. The number of hydrogen-bond donors (Lipinski definition) is 3. The Bertz CT molecular complexity index is 1060. The maximum Gasteiger partial charge on any atom is 0.272 e. The van der Waals surface area contributed by atoms with Crippen molar-refractivity contribution < 1.29 is 18.7 Å². The highest BCUT2D eigenvalue weighted by atomic mass is 19.1. The van der Waals surface area contributed by atoms with Crippen LogP contribution < -0.4 is 15.4 Å². The molecule has 1 aliphatic rings. The van der Waals surface area contributed by atoms with Crippen molar-refractivity contribution in [2.45, 2.75) is 19.4 Å². The number of H-pyrrole nitrogens is 1. The number of carbonyl (C=O) groups is 2. The molecular formula is C21H19FN4O3. The fraction of sp³-hybridized carbons (Fsp3) is 0.190. The maximum atomic E-state index is 13.4. The van der Waals surface area contributed by atoms with Crippen LogP contribution in [0.25, 0.3) is 0 Å². The van der Waals surface area contributed by atoms with Crippen LogP contribution >= 0.6 is 0 Å². The smallest absolute Gasteiger partial charge is 0.272 e. The zero-order chi connectivity index (χ0) is 20.4. The van der Waals surface area contributed by atoms with Gasteiger partial charge in [0.1, 0.15) is 29.9 Å². The average Bonchev–Trinajstić information content (AvgIpc) is 3.10. The highest BCUT2D eigenvalue weighted by molar-refractivity contribution is 6.01. The zero-order valence-electron chi connectivity index (χ0n) is 15.7. The Morgan fingerprint density at radius 3 is 2.83 bits per heavy atom. The maximum absolute atomic E-state index is 13.4. The molecule has 1 atom stereocenters. The molecule has 3 aromatic rings. The van der Waals surface area contributed by atoms with E-state index in [2.05, 4.69) is 20.8 Å². The van der Waals surface area contributed by atoms with Gasteiger partial charge in [0, 0.05) is 18.2 Å². The molecule has 0 saturated heterocycles. The van der Waals surface area contributed by atoms with E-state index >= 15 is 0 Å². The van der Waals surface area contributed by atoms with Crippen molar-refractivity contribution in [3.8, 4) is 5.75 Å². The summed E-state index contributed by atoms with van der Waals surface area (Å²) < 4.78 is 18.9. The summed E-state index contributed by atoms with van der Waals surface area (Å²) in [5, 5.41) is 12.1. The number of fused-ring (bicyclic) bond motifs is 1. The molecule has 0 unspecified atom stereocenters. The van der Waals surface area contributed by atoms with E-state index in [1.165, 1.54) is 23.8 Å². The van der Waals surface area contributed by atoms with Crippen LogP contribution in [0.1, 0.15) is 27.3 Å². The molecule has 2 amide bonds. The first-order valence-corrected chi connectivity index (χ1v) is 9.12. The van der Waals surface area contributed by atoms with Gasteiger partial charge in [0.25, 0.3) is 11.8 Å². The van der Waals surface area contributed by atoms with E-state index in [9.17, 15) is 14.0 Å². The first-order chi connectivity index (χ1) is 14.0. The molecule has 0 spiro atoms. The minimum atomic E-state index is -0.935. The second-order valence-corrected chi connectivity index (χ2v) is 6.91. The number of benzene rings is 2. The zero-order valence-corrected chi connectivity index (χ0v) is 15.7. The molecule has 1 aliphatic heterocycles. The Labute approximate surface area is 166 Å². The van der Waals surface area contributed by atoms with Gasteiger partial charge in [-0.15, -0.1) is 0 Å². The highest BCUT2D eigenvalue weighted by Crippen LogP contribution is 2.27. The quantitative estimate of drug-likeness (QED) is 0.634.